The van der Waals surface area contributed by atoms with Crippen LogP contribution in [0, 0.1) is 0 Å². The first-order valence-corrected chi connectivity index (χ1v) is 8.49. The zero-order valence-corrected chi connectivity index (χ0v) is 13.3. The predicted molar refractivity (Wildman–Crippen MR) is 88.2 cm³/mol. The van der Waals surface area contributed by atoms with Crippen LogP contribution in [-0.4, -0.2) is 52.6 Å². The molecule has 5 heteroatoms. The number of rotatable bonds is 2. The molecule has 22 heavy (non-hydrogen) atoms. The smallest absolute Gasteiger partial charge is 0.272 e. The van der Waals surface area contributed by atoms with E-state index in [4.69, 9.17) is 4.74 Å². The van der Waals surface area contributed by atoms with Crippen molar-refractivity contribution >= 4 is 28.6 Å². The molecule has 0 saturated carbocycles. The maximum absolute atomic E-state index is 12.6. The number of ether oxygens (including phenoxy) is 1. The highest BCUT2D eigenvalue weighted by Crippen LogP contribution is 2.46. The third kappa shape index (κ3) is 2.29. The number of fused-ring (bicyclic) bond motifs is 1. The van der Waals surface area contributed by atoms with Gasteiger partial charge in [-0.15, -0.1) is 11.8 Å². The fraction of sp³-hybridized carbons (Fsp3) is 0.412. The molecule has 0 aliphatic carbocycles. The number of hydrogen-bond acceptors (Lipinski definition) is 4. The number of nitrogens with zero attached hydrogens (tertiary/aromatic N) is 2. The highest BCUT2D eigenvalue weighted by Gasteiger charge is 2.50. The molecular formula is C17H18N2O2S. The summed E-state index contributed by atoms with van der Waals surface area (Å²) in [6, 6.07) is 11.7. The minimum absolute atomic E-state index is 0.0397. The molecule has 0 radical (unpaired) electrons. The first-order chi connectivity index (χ1) is 10.7. The van der Waals surface area contributed by atoms with Crippen molar-refractivity contribution in [1.29, 1.82) is 0 Å². The molecule has 2 aliphatic heterocycles. The summed E-state index contributed by atoms with van der Waals surface area (Å²) < 4.78 is 5.65. The fourth-order valence-corrected chi connectivity index (χ4v) is 4.91. The summed E-state index contributed by atoms with van der Waals surface area (Å²) in [6.07, 6.45) is 1.38. The Morgan fingerprint density at radius 1 is 1.32 bits per heavy atom. The zero-order valence-electron chi connectivity index (χ0n) is 12.5. The monoisotopic (exact) mass is 314 g/mol. The number of benzene rings is 1. The van der Waals surface area contributed by atoms with Crippen LogP contribution in [0.25, 0.3) is 10.9 Å². The maximum Gasteiger partial charge on any atom is 0.272 e. The van der Waals surface area contributed by atoms with Gasteiger partial charge in [-0.05, 0) is 18.6 Å². The molecule has 0 N–H and O–H groups in total. The highest BCUT2D eigenvalue weighted by atomic mass is 32.2. The number of carbonyl (C=O) groups is 1. The van der Waals surface area contributed by atoms with Crippen molar-refractivity contribution in [3.63, 3.8) is 0 Å². The molecule has 2 fully saturated rings. The Morgan fingerprint density at radius 3 is 2.91 bits per heavy atom. The zero-order chi connectivity index (χ0) is 15.2. The van der Waals surface area contributed by atoms with Crippen LogP contribution >= 0.6 is 11.8 Å². The van der Waals surface area contributed by atoms with Crippen molar-refractivity contribution in [1.82, 2.24) is 9.88 Å². The van der Waals surface area contributed by atoms with Crippen LogP contribution in [0.4, 0.5) is 0 Å². The number of pyridine rings is 1. The van der Waals surface area contributed by atoms with Crippen LogP contribution in [0.1, 0.15) is 16.9 Å². The second-order valence-electron chi connectivity index (χ2n) is 6.11. The second kappa shape index (κ2) is 5.25. The topological polar surface area (TPSA) is 42.4 Å². The normalized spacial score (nSPS) is 23.0. The summed E-state index contributed by atoms with van der Waals surface area (Å²) >= 11 is 1.94. The number of aromatic nitrogens is 1. The molecule has 1 atom stereocenters. The predicted octanol–water partition coefficient (Wildman–Crippen LogP) is 2.58. The highest BCUT2D eigenvalue weighted by molar-refractivity contribution is 8.01. The van der Waals surface area contributed by atoms with E-state index in [9.17, 15) is 4.79 Å². The average Bonchev–Trinajstić information content (AvgIpc) is 2.97. The average molecular weight is 314 g/mol. The van der Waals surface area contributed by atoms with Gasteiger partial charge < -0.3 is 9.64 Å². The summed E-state index contributed by atoms with van der Waals surface area (Å²) in [4.78, 5) is 19.0. The van der Waals surface area contributed by atoms with Crippen molar-refractivity contribution in [2.24, 2.45) is 0 Å². The Kier molecular flexibility index (Phi) is 3.35. The van der Waals surface area contributed by atoms with Gasteiger partial charge in [-0.1, -0.05) is 24.3 Å². The molecule has 0 bridgehead atoms. The molecule has 114 valence electrons. The molecular weight excluding hydrogens is 296 g/mol. The van der Waals surface area contributed by atoms with Gasteiger partial charge in [0.1, 0.15) is 5.69 Å². The third-order valence-electron chi connectivity index (χ3n) is 4.57. The van der Waals surface area contributed by atoms with Gasteiger partial charge in [0.05, 0.1) is 16.4 Å². The van der Waals surface area contributed by atoms with Crippen molar-refractivity contribution in [3.05, 3.63) is 42.1 Å². The molecule has 2 saturated heterocycles. The third-order valence-corrected chi connectivity index (χ3v) is 6.15. The second-order valence-corrected chi connectivity index (χ2v) is 7.59. The largest absolute Gasteiger partial charge is 0.381 e. The van der Waals surface area contributed by atoms with Crippen LogP contribution in [0.3, 0.4) is 0 Å². The van der Waals surface area contributed by atoms with Gasteiger partial charge in [0.25, 0.3) is 5.91 Å². The van der Waals surface area contributed by atoms with Crippen molar-refractivity contribution in [2.45, 2.75) is 17.3 Å². The SMILES string of the molecule is COC1CSC2(C1)CN(C(=O)c1ccc3ccccc3n1)C2. The van der Waals surface area contributed by atoms with Gasteiger partial charge in [-0.25, -0.2) is 4.98 Å². The van der Waals surface area contributed by atoms with Crippen molar-refractivity contribution in [2.75, 3.05) is 26.0 Å². The molecule has 3 heterocycles. The number of thioether (sulfide) groups is 1. The maximum atomic E-state index is 12.6. The lowest BCUT2D eigenvalue weighted by molar-refractivity contribution is 0.0447. The molecule has 1 aromatic carbocycles. The molecule has 4 nitrogen and oxygen atoms in total. The molecule has 1 aromatic heterocycles. The van der Waals surface area contributed by atoms with Crippen LogP contribution in [0.2, 0.25) is 0 Å². The minimum Gasteiger partial charge on any atom is -0.381 e. The van der Waals surface area contributed by atoms with E-state index in [2.05, 4.69) is 4.98 Å². The van der Waals surface area contributed by atoms with Gasteiger partial charge >= 0.3 is 0 Å². The lowest BCUT2D eigenvalue weighted by Crippen LogP contribution is -2.60. The number of para-hydroxylation sites is 1. The molecule has 4 rings (SSSR count). The molecule has 1 amide bonds. The lowest BCUT2D eigenvalue weighted by Gasteiger charge is -2.47. The molecule has 2 aliphatic rings. The van der Waals surface area contributed by atoms with Crippen molar-refractivity contribution in [3.8, 4) is 0 Å². The summed E-state index contributed by atoms with van der Waals surface area (Å²) in [5, 5.41) is 1.06. The van der Waals surface area contributed by atoms with E-state index in [0.29, 0.717) is 11.8 Å². The molecule has 1 unspecified atom stereocenters. The van der Waals surface area contributed by atoms with Crippen LogP contribution in [0.15, 0.2) is 36.4 Å². The number of methoxy groups -OCH3 is 1. The fourth-order valence-electron chi connectivity index (χ4n) is 3.31. The van der Waals surface area contributed by atoms with E-state index in [1.807, 2.05) is 53.1 Å². The van der Waals surface area contributed by atoms with Gasteiger partial charge in [0.15, 0.2) is 0 Å². The quantitative estimate of drug-likeness (QED) is 0.854. The van der Waals surface area contributed by atoms with Crippen LogP contribution in [0.5, 0.6) is 0 Å². The Hall–Kier alpha value is -1.59. The van der Waals surface area contributed by atoms with E-state index in [1.54, 1.807) is 7.11 Å². The standard InChI is InChI=1S/C17H18N2O2S/c1-21-13-8-17(22-9-13)10-19(11-17)16(20)15-7-6-12-4-2-3-5-14(12)18-15/h2-7,13H,8-11H2,1H3. The number of amides is 1. The minimum atomic E-state index is 0.0397. The van der Waals surface area contributed by atoms with Crippen LogP contribution in [-0.2, 0) is 4.74 Å². The summed E-state index contributed by atoms with van der Waals surface area (Å²) in [5.41, 5.74) is 1.41. The van der Waals surface area contributed by atoms with E-state index >= 15 is 0 Å². The van der Waals surface area contributed by atoms with Gasteiger partial charge in [0, 0.05) is 31.3 Å². The Morgan fingerprint density at radius 2 is 2.14 bits per heavy atom. The van der Waals surface area contributed by atoms with Crippen molar-refractivity contribution < 1.29 is 9.53 Å². The van der Waals surface area contributed by atoms with E-state index in [-0.39, 0.29) is 10.7 Å². The Balaban J connectivity index is 1.48. The Bertz CT molecular complexity index is 727. The number of likely N-dealkylation sites (tertiary alicyclic amines) is 1. The lowest BCUT2D eigenvalue weighted by atomic mass is 9.92. The van der Waals surface area contributed by atoms with Gasteiger partial charge in [-0.3, -0.25) is 4.79 Å². The van der Waals surface area contributed by atoms with Crippen LogP contribution < -0.4 is 0 Å². The van der Waals surface area contributed by atoms with E-state index in [1.165, 1.54) is 0 Å². The van der Waals surface area contributed by atoms with E-state index < -0.39 is 0 Å². The molecule has 2 aromatic rings. The summed E-state index contributed by atoms with van der Waals surface area (Å²) in [6.45, 7) is 1.62. The number of hydrogen-bond donors (Lipinski definition) is 0. The van der Waals surface area contributed by atoms with Gasteiger partial charge in [0.2, 0.25) is 0 Å². The first-order valence-electron chi connectivity index (χ1n) is 7.51. The van der Waals surface area contributed by atoms with E-state index in [0.717, 1.165) is 36.2 Å². The Labute approximate surface area is 133 Å². The number of carbonyl (C=O) groups excluding carboxylic acids is 1. The van der Waals surface area contributed by atoms with Gasteiger partial charge in [-0.2, -0.15) is 0 Å². The summed E-state index contributed by atoms with van der Waals surface area (Å²) in [7, 11) is 1.77. The summed E-state index contributed by atoms with van der Waals surface area (Å²) in [5.74, 6) is 1.07. The molecule has 1 spiro atoms. The first kappa shape index (κ1) is 14.0.